The van der Waals surface area contributed by atoms with Crippen LogP contribution in [0.5, 0.6) is 0 Å². The van der Waals surface area contributed by atoms with Crippen molar-refractivity contribution in [1.82, 2.24) is 39.2 Å². The van der Waals surface area contributed by atoms with Crippen molar-refractivity contribution in [2.45, 2.75) is 9.79 Å². The SMILES string of the molecule is CS(=O)c1ccc(-c2cnn3c(=O)[nH]cnc23)cc1.CSc1ccc(-c2cnn3c(=O)[nH]cnc23)cc1. The van der Waals surface area contributed by atoms with Crippen LogP contribution in [0.3, 0.4) is 0 Å². The van der Waals surface area contributed by atoms with Gasteiger partial charge >= 0.3 is 11.4 Å². The van der Waals surface area contributed by atoms with E-state index in [2.05, 4.69) is 30.1 Å². The first-order chi connectivity index (χ1) is 18.0. The number of thioether (sulfide) groups is 1. The molecule has 0 aliphatic heterocycles. The molecule has 0 aliphatic carbocycles. The standard InChI is InChI=1S/C12H10N4O2S.C12H10N4OS/c1-19(18)9-4-2-8(3-5-9)10-6-15-16-11(10)13-7-14-12(16)17;1-18-9-4-2-8(3-5-9)10-6-15-16-11(10)13-7-14-12(16)17/h2-7H,1H3,(H,13,14,17);2-7H,1H3,(H,13,14,17). The third kappa shape index (κ3) is 4.86. The van der Waals surface area contributed by atoms with Crippen LogP contribution in [-0.2, 0) is 10.8 Å². The molecule has 0 amide bonds. The minimum Gasteiger partial charge on any atom is -0.296 e. The second-order valence-corrected chi connectivity index (χ2v) is 9.97. The quantitative estimate of drug-likeness (QED) is 0.330. The predicted molar refractivity (Wildman–Crippen MR) is 142 cm³/mol. The van der Waals surface area contributed by atoms with Gasteiger partial charge in [-0.3, -0.25) is 14.2 Å². The summed E-state index contributed by atoms with van der Waals surface area (Å²) in [6.45, 7) is 0. The fourth-order valence-corrected chi connectivity index (χ4v) is 4.58. The fourth-order valence-electron chi connectivity index (χ4n) is 3.65. The molecule has 2 aromatic carbocycles. The molecule has 37 heavy (non-hydrogen) atoms. The molecule has 11 nitrogen and oxygen atoms in total. The van der Waals surface area contributed by atoms with Gasteiger partial charge in [0.05, 0.1) is 25.0 Å². The molecule has 4 heterocycles. The van der Waals surface area contributed by atoms with Crippen LogP contribution in [0.1, 0.15) is 0 Å². The van der Waals surface area contributed by atoms with Crippen LogP contribution in [0.4, 0.5) is 0 Å². The van der Waals surface area contributed by atoms with Gasteiger partial charge in [0, 0.05) is 38.0 Å². The largest absolute Gasteiger partial charge is 0.349 e. The zero-order valence-electron chi connectivity index (χ0n) is 19.7. The normalized spacial score (nSPS) is 11.8. The number of H-pyrrole nitrogens is 2. The lowest BCUT2D eigenvalue weighted by Crippen LogP contribution is -2.17. The van der Waals surface area contributed by atoms with Gasteiger partial charge in [0.15, 0.2) is 11.3 Å². The Bertz CT molecular complexity index is 1840. The number of benzene rings is 2. The highest BCUT2D eigenvalue weighted by Gasteiger charge is 2.10. The van der Waals surface area contributed by atoms with Gasteiger partial charge in [-0.15, -0.1) is 11.8 Å². The van der Waals surface area contributed by atoms with Crippen LogP contribution >= 0.6 is 11.8 Å². The minimum absolute atomic E-state index is 0.285. The van der Waals surface area contributed by atoms with Crippen molar-refractivity contribution in [1.29, 1.82) is 0 Å². The van der Waals surface area contributed by atoms with Gasteiger partial charge in [-0.2, -0.15) is 19.2 Å². The molecular formula is C24H20N8O3S2. The van der Waals surface area contributed by atoms with Gasteiger partial charge in [0.1, 0.15) is 0 Å². The molecule has 13 heteroatoms. The molecule has 0 saturated heterocycles. The molecule has 1 atom stereocenters. The summed E-state index contributed by atoms with van der Waals surface area (Å²) >= 11 is 1.69. The van der Waals surface area contributed by atoms with Crippen molar-refractivity contribution in [2.24, 2.45) is 0 Å². The van der Waals surface area contributed by atoms with E-state index >= 15 is 0 Å². The van der Waals surface area contributed by atoms with Gasteiger partial charge < -0.3 is 0 Å². The van der Waals surface area contributed by atoms with E-state index in [9.17, 15) is 13.8 Å². The summed E-state index contributed by atoms with van der Waals surface area (Å²) < 4.78 is 13.8. The summed E-state index contributed by atoms with van der Waals surface area (Å²) in [5.41, 5.74) is 3.94. The lowest BCUT2D eigenvalue weighted by Gasteiger charge is -2.00. The van der Waals surface area contributed by atoms with Crippen LogP contribution in [0, 0.1) is 0 Å². The predicted octanol–water partition coefficient (Wildman–Crippen LogP) is 2.63. The molecule has 186 valence electrons. The van der Waals surface area contributed by atoms with Gasteiger partial charge in [-0.25, -0.2) is 19.6 Å². The van der Waals surface area contributed by atoms with Crippen LogP contribution in [0.2, 0.25) is 0 Å². The van der Waals surface area contributed by atoms with Gasteiger partial charge in [-0.1, -0.05) is 24.3 Å². The Balaban J connectivity index is 0.000000152. The molecule has 0 bridgehead atoms. The molecule has 6 rings (SSSR count). The molecule has 2 N–H and O–H groups in total. The summed E-state index contributed by atoms with van der Waals surface area (Å²) in [5, 5.41) is 8.04. The number of hydrogen-bond acceptors (Lipinski definition) is 8. The van der Waals surface area contributed by atoms with Crippen LogP contribution in [0.25, 0.3) is 33.5 Å². The minimum atomic E-state index is -1.01. The average molecular weight is 533 g/mol. The zero-order valence-corrected chi connectivity index (χ0v) is 21.3. The Morgan fingerprint density at radius 1 is 0.757 bits per heavy atom. The molecule has 0 fully saturated rings. The van der Waals surface area contributed by atoms with Gasteiger partial charge in [0.2, 0.25) is 0 Å². The summed E-state index contributed by atoms with van der Waals surface area (Å²) in [5.74, 6) is 0. The number of hydrogen-bond donors (Lipinski definition) is 2. The fraction of sp³-hybridized carbons (Fsp3) is 0.0833. The number of nitrogens with one attached hydrogen (secondary N) is 2. The third-order valence-corrected chi connectivity index (χ3v) is 7.20. The van der Waals surface area contributed by atoms with E-state index in [1.165, 1.54) is 26.6 Å². The van der Waals surface area contributed by atoms with E-state index in [-0.39, 0.29) is 11.4 Å². The van der Waals surface area contributed by atoms with E-state index < -0.39 is 10.8 Å². The lowest BCUT2D eigenvalue weighted by atomic mass is 10.1. The topological polar surface area (TPSA) is 143 Å². The molecule has 6 aromatic rings. The Labute approximate surface area is 216 Å². The van der Waals surface area contributed by atoms with E-state index in [1.807, 2.05) is 42.7 Å². The van der Waals surface area contributed by atoms with Crippen molar-refractivity contribution < 1.29 is 4.21 Å². The molecule has 1 unspecified atom stereocenters. The second-order valence-electron chi connectivity index (χ2n) is 7.71. The highest BCUT2D eigenvalue weighted by Crippen LogP contribution is 2.25. The van der Waals surface area contributed by atoms with Crippen molar-refractivity contribution in [2.75, 3.05) is 12.5 Å². The first-order valence-corrected chi connectivity index (χ1v) is 13.7. The van der Waals surface area contributed by atoms with Gasteiger partial charge in [-0.05, 0) is 41.6 Å². The number of aromatic nitrogens is 8. The zero-order chi connectivity index (χ0) is 25.9. The molecule has 0 saturated carbocycles. The maximum absolute atomic E-state index is 11.5. The second kappa shape index (κ2) is 10.3. The molecule has 0 radical (unpaired) electrons. The van der Waals surface area contributed by atoms with Gasteiger partial charge in [0.25, 0.3) is 0 Å². The van der Waals surface area contributed by atoms with Crippen LogP contribution < -0.4 is 11.4 Å². The maximum atomic E-state index is 11.5. The smallest absolute Gasteiger partial charge is 0.296 e. The van der Waals surface area contributed by atoms with Crippen LogP contribution in [-0.4, -0.2) is 55.9 Å². The molecular weight excluding hydrogens is 512 g/mol. The Morgan fingerprint density at radius 2 is 1.22 bits per heavy atom. The number of nitrogens with zero attached hydrogens (tertiary/aromatic N) is 6. The van der Waals surface area contributed by atoms with Crippen molar-refractivity contribution in [3.8, 4) is 22.3 Å². The highest BCUT2D eigenvalue weighted by atomic mass is 32.2. The average Bonchev–Trinajstić information content (AvgIpc) is 3.56. The third-order valence-electron chi connectivity index (χ3n) is 5.52. The van der Waals surface area contributed by atoms with E-state index in [0.29, 0.717) is 11.3 Å². The van der Waals surface area contributed by atoms with E-state index in [1.54, 1.807) is 42.5 Å². The first kappa shape index (κ1) is 24.3. The summed E-state index contributed by atoms with van der Waals surface area (Å²) in [6, 6.07) is 15.4. The Morgan fingerprint density at radius 3 is 1.65 bits per heavy atom. The number of fused-ring (bicyclic) bond motifs is 2. The Hall–Kier alpha value is -4.36. The number of rotatable bonds is 4. The monoisotopic (exact) mass is 532 g/mol. The van der Waals surface area contributed by atoms with E-state index in [4.69, 9.17) is 0 Å². The molecule has 0 aliphatic rings. The van der Waals surface area contributed by atoms with Crippen molar-refractivity contribution >= 4 is 33.9 Å². The van der Waals surface area contributed by atoms with Crippen molar-refractivity contribution in [3.63, 3.8) is 0 Å². The maximum Gasteiger partial charge on any atom is 0.349 e. The number of aromatic amines is 2. The summed E-state index contributed by atoms with van der Waals surface area (Å²) in [7, 11) is -1.01. The summed E-state index contributed by atoms with van der Waals surface area (Å²) in [6.07, 6.45) is 9.65. The molecule has 4 aromatic heterocycles. The molecule has 0 spiro atoms. The summed E-state index contributed by atoms with van der Waals surface area (Å²) in [4.78, 5) is 38.2. The van der Waals surface area contributed by atoms with Crippen LogP contribution in [0.15, 0.2) is 93.0 Å². The highest BCUT2D eigenvalue weighted by molar-refractivity contribution is 7.98. The Kier molecular flexibility index (Phi) is 6.79. The first-order valence-electron chi connectivity index (χ1n) is 10.9. The van der Waals surface area contributed by atoms with E-state index in [0.717, 1.165) is 27.1 Å². The lowest BCUT2D eigenvalue weighted by molar-refractivity contribution is 0.687. The van der Waals surface area contributed by atoms with Crippen molar-refractivity contribution in [3.05, 3.63) is 94.5 Å².